The van der Waals surface area contributed by atoms with E-state index >= 15 is 0 Å². The largest absolute Gasteiger partial charge is 0.376 e. The summed E-state index contributed by atoms with van der Waals surface area (Å²) >= 11 is 0. The molecule has 1 fully saturated rings. The summed E-state index contributed by atoms with van der Waals surface area (Å²) in [6.07, 6.45) is 1.59. The Hall–Kier alpha value is -3.79. The molecule has 1 aromatic heterocycles. The number of ether oxygens (including phenoxy) is 1. The molecular weight excluding hydrogens is 414 g/mol. The van der Waals surface area contributed by atoms with Crippen LogP contribution in [0.25, 0.3) is 11.0 Å². The van der Waals surface area contributed by atoms with E-state index in [2.05, 4.69) is 10.3 Å². The molecule has 0 aliphatic carbocycles. The van der Waals surface area contributed by atoms with Crippen molar-refractivity contribution in [3.63, 3.8) is 0 Å². The number of carbonyl (C=O) groups excluding carboxylic acids is 2. The molecule has 0 spiro atoms. The molecule has 10 heteroatoms. The number of fused-ring (bicyclic) bond motifs is 3. The first kappa shape index (κ1) is 20.1. The Kier molecular flexibility index (Phi) is 5.06. The molecule has 5 rings (SSSR count). The van der Waals surface area contributed by atoms with Crippen LogP contribution in [0.5, 0.6) is 0 Å². The Labute approximate surface area is 182 Å². The summed E-state index contributed by atoms with van der Waals surface area (Å²) in [4.78, 5) is 43.1. The number of amides is 2. The maximum absolute atomic E-state index is 13.3. The predicted molar refractivity (Wildman–Crippen MR) is 116 cm³/mol. The number of nitrogens with zero attached hydrogens (tertiary/aromatic N) is 4. The average Bonchev–Trinajstić information content (AvgIpc) is 3.48. The molecule has 2 aromatic carbocycles. The lowest BCUT2D eigenvalue weighted by Crippen LogP contribution is -2.37. The summed E-state index contributed by atoms with van der Waals surface area (Å²) < 4.78 is 7.49. The van der Waals surface area contributed by atoms with Crippen molar-refractivity contribution < 1.29 is 19.2 Å². The van der Waals surface area contributed by atoms with Gasteiger partial charge < -0.3 is 10.1 Å². The minimum Gasteiger partial charge on any atom is -0.376 e. The summed E-state index contributed by atoms with van der Waals surface area (Å²) in [5.74, 6) is -0.220. The van der Waals surface area contributed by atoms with Gasteiger partial charge in [-0.1, -0.05) is 24.3 Å². The lowest BCUT2D eigenvalue weighted by Gasteiger charge is -2.19. The molecule has 1 N–H and O–H groups in total. The van der Waals surface area contributed by atoms with Gasteiger partial charge in [0.05, 0.1) is 35.0 Å². The minimum absolute atomic E-state index is 0.0632. The summed E-state index contributed by atoms with van der Waals surface area (Å²) in [6, 6.07) is 12.6. The van der Waals surface area contributed by atoms with Crippen molar-refractivity contribution in [2.45, 2.75) is 31.4 Å². The molecular formula is C22H21N5O5. The van der Waals surface area contributed by atoms with Crippen molar-refractivity contribution in [3.05, 3.63) is 58.6 Å². The van der Waals surface area contributed by atoms with Crippen LogP contribution in [0, 0.1) is 10.1 Å². The molecule has 3 heterocycles. The standard InChI is InChI=1S/C22H21N5O5/c28-20(23-16-8-2-4-10-18(16)27(30)31)12-19-21(29)25(13-14-6-5-11-32-14)22-24-15-7-1-3-9-17(15)26(19)22/h1-4,7-10,14,19H,5-6,11-13H2,(H,23,28)/t14-,19-/m1/s1. The highest BCUT2D eigenvalue weighted by Gasteiger charge is 2.42. The van der Waals surface area contributed by atoms with E-state index in [1.165, 1.54) is 18.2 Å². The summed E-state index contributed by atoms with van der Waals surface area (Å²) in [5.41, 5.74) is 1.39. The van der Waals surface area contributed by atoms with Gasteiger partial charge in [-0.15, -0.1) is 0 Å². The van der Waals surface area contributed by atoms with Crippen LogP contribution < -0.4 is 10.2 Å². The van der Waals surface area contributed by atoms with E-state index in [4.69, 9.17) is 4.74 Å². The van der Waals surface area contributed by atoms with Crippen LogP contribution in [-0.4, -0.2) is 45.5 Å². The Morgan fingerprint density at radius 2 is 2.00 bits per heavy atom. The molecule has 0 saturated carbocycles. The number of imidazole rings is 1. The fraction of sp³-hybridized carbons (Fsp3) is 0.318. The van der Waals surface area contributed by atoms with Gasteiger partial charge in [0.1, 0.15) is 11.7 Å². The maximum atomic E-state index is 13.3. The Balaban J connectivity index is 1.44. The number of para-hydroxylation sites is 4. The predicted octanol–water partition coefficient (Wildman–Crippen LogP) is 3.04. The van der Waals surface area contributed by atoms with Gasteiger partial charge in [0, 0.05) is 12.7 Å². The highest BCUT2D eigenvalue weighted by Crippen LogP contribution is 2.37. The third kappa shape index (κ3) is 3.48. The van der Waals surface area contributed by atoms with Crippen molar-refractivity contribution in [3.8, 4) is 0 Å². The van der Waals surface area contributed by atoms with Crippen LogP contribution in [0.4, 0.5) is 17.3 Å². The van der Waals surface area contributed by atoms with E-state index in [0.717, 1.165) is 23.9 Å². The monoisotopic (exact) mass is 435 g/mol. The van der Waals surface area contributed by atoms with Crippen molar-refractivity contribution in [1.82, 2.24) is 9.55 Å². The van der Waals surface area contributed by atoms with Gasteiger partial charge in [0.15, 0.2) is 0 Å². The van der Waals surface area contributed by atoms with E-state index in [9.17, 15) is 19.7 Å². The van der Waals surface area contributed by atoms with Crippen LogP contribution in [-0.2, 0) is 14.3 Å². The number of nitro groups is 1. The van der Waals surface area contributed by atoms with E-state index in [-0.39, 0.29) is 29.8 Å². The smallest absolute Gasteiger partial charge is 0.292 e. The molecule has 1 saturated heterocycles. The Morgan fingerprint density at radius 1 is 1.22 bits per heavy atom. The second kappa shape index (κ2) is 8.04. The lowest BCUT2D eigenvalue weighted by molar-refractivity contribution is -0.383. The average molecular weight is 435 g/mol. The summed E-state index contributed by atoms with van der Waals surface area (Å²) in [5, 5.41) is 13.8. The zero-order chi connectivity index (χ0) is 22.2. The van der Waals surface area contributed by atoms with Crippen molar-refractivity contribution in [2.75, 3.05) is 23.4 Å². The number of benzene rings is 2. The lowest BCUT2D eigenvalue weighted by atomic mass is 10.1. The summed E-state index contributed by atoms with van der Waals surface area (Å²) in [6.45, 7) is 1.05. The molecule has 164 valence electrons. The number of anilines is 2. The van der Waals surface area contributed by atoms with Gasteiger partial charge in [-0.25, -0.2) is 4.98 Å². The van der Waals surface area contributed by atoms with Crippen molar-refractivity contribution >= 4 is 40.2 Å². The molecule has 3 aromatic rings. The molecule has 32 heavy (non-hydrogen) atoms. The third-order valence-electron chi connectivity index (χ3n) is 5.85. The van der Waals surface area contributed by atoms with E-state index in [0.29, 0.717) is 19.1 Å². The van der Waals surface area contributed by atoms with Gasteiger partial charge in [-0.05, 0) is 31.0 Å². The molecule has 0 unspecified atom stereocenters. The first-order chi connectivity index (χ1) is 15.5. The second-order valence-electron chi connectivity index (χ2n) is 7.90. The molecule has 10 nitrogen and oxygen atoms in total. The van der Waals surface area contributed by atoms with Crippen LogP contribution in [0.1, 0.15) is 25.3 Å². The quantitative estimate of drug-likeness (QED) is 0.469. The first-order valence-electron chi connectivity index (χ1n) is 10.5. The van der Waals surface area contributed by atoms with Crippen molar-refractivity contribution in [1.29, 1.82) is 0 Å². The third-order valence-corrected chi connectivity index (χ3v) is 5.85. The van der Waals surface area contributed by atoms with Gasteiger partial charge in [0.2, 0.25) is 11.9 Å². The van der Waals surface area contributed by atoms with E-state index < -0.39 is 16.9 Å². The van der Waals surface area contributed by atoms with Crippen LogP contribution in [0.2, 0.25) is 0 Å². The maximum Gasteiger partial charge on any atom is 0.292 e. The number of nitrogens with one attached hydrogen (secondary N) is 1. The number of hydrogen-bond acceptors (Lipinski definition) is 6. The van der Waals surface area contributed by atoms with Crippen molar-refractivity contribution in [2.24, 2.45) is 0 Å². The minimum atomic E-state index is -0.790. The number of hydrogen-bond donors (Lipinski definition) is 1. The highest BCUT2D eigenvalue weighted by molar-refractivity contribution is 6.05. The number of carbonyl (C=O) groups is 2. The zero-order valence-electron chi connectivity index (χ0n) is 17.1. The van der Waals surface area contributed by atoms with Crippen LogP contribution in [0.15, 0.2) is 48.5 Å². The van der Waals surface area contributed by atoms with E-state index in [1.807, 2.05) is 24.3 Å². The molecule has 2 atom stereocenters. The normalized spacial score (nSPS) is 20.0. The number of aromatic nitrogens is 2. The topological polar surface area (TPSA) is 120 Å². The van der Waals surface area contributed by atoms with Gasteiger partial charge in [-0.3, -0.25) is 29.2 Å². The fourth-order valence-electron chi connectivity index (χ4n) is 4.38. The molecule has 0 bridgehead atoms. The van der Waals surface area contributed by atoms with Crippen LogP contribution >= 0.6 is 0 Å². The number of nitro benzene ring substituents is 1. The van der Waals surface area contributed by atoms with Gasteiger partial charge in [-0.2, -0.15) is 0 Å². The van der Waals surface area contributed by atoms with Gasteiger partial charge in [0.25, 0.3) is 11.6 Å². The SMILES string of the molecule is O=C(C[C@@H]1C(=O)N(C[C@H]2CCCO2)c2nc3ccccc3n21)Nc1ccccc1[N+](=O)[O-]. The summed E-state index contributed by atoms with van der Waals surface area (Å²) in [7, 11) is 0. The van der Waals surface area contributed by atoms with E-state index in [1.54, 1.807) is 15.5 Å². The zero-order valence-corrected chi connectivity index (χ0v) is 17.1. The second-order valence-corrected chi connectivity index (χ2v) is 7.90. The molecule has 2 amide bonds. The molecule has 0 radical (unpaired) electrons. The Morgan fingerprint density at radius 3 is 2.78 bits per heavy atom. The Bertz CT molecular complexity index is 1220. The highest BCUT2D eigenvalue weighted by atomic mass is 16.6. The molecule has 2 aliphatic heterocycles. The molecule has 2 aliphatic rings. The first-order valence-corrected chi connectivity index (χ1v) is 10.5. The van der Waals surface area contributed by atoms with Gasteiger partial charge >= 0.3 is 0 Å². The number of rotatable bonds is 6. The van der Waals surface area contributed by atoms with Crippen LogP contribution in [0.3, 0.4) is 0 Å². The fourth-order valence-corrected chi connectivity index (χ4v) is 4.38.